The van der Waals surface area contributed by atoms with Crippen molar-refractivity contribution in [3.8, 4) is 11.5 Å². The number of nitro groups is 1. The fourth-order valence-corrected chi connectivity index (χ4v) is 1.43. The summed E-state index contributed by atoms with van der Waals surface area (Å²) in [5.74, 6) is -0.370. The highest BCUT2D eigenvalue weighted by Crippen LogP contribution is 2.37. The van der Waals surface area contributed by atoms with Crippen molar-refractivity contribution in [2.45, 2.75) is 19.4 Å². The monoisotopic (exact) mass is 226 g/mol. The third-order valence-electron chi connectivity index (χ3n) is 2.09. The molecule has 0 bridgehead atoms. The van der Waals surface area contributed by atoms with Gasteiger partial charge in [0, 0.05) is 12.1 Å². The number of nitrogens with two attached hydrogens (primary N) is 1. The molecule has 0 spiro atoms. The van der Waals surface area contributed by atoms with Gasteiger partial charge >= 0.3 is 5.69 Å². The molecule has 1 aromatic rings. The molecule has 3 N–H and O–H groups in total. The SMILES string of the molecule is COc1cc(C[C@H](C)N)cc([N+](=O)[O-])c1O. The summed E-state index contributed by atoms with van der Waals surface area (Å²) in [5, 5.41) is 20.2. The molecule has 0 fully saturated rings. The summed E-state index contributed by atoms with van der Waals surface area (Å²) in [7, 11) is 1.34. The summed E-state index contributed by atoms with van der Waals surface area (Å²) in [6, 6.07) is 2.74. The zero-order valence-corrected chi connectivity index (χ0v) is 9.14. The van der Waals surface area contributed by atoms with E-state index in [1.807, 2.05) is 0 Å². The van der Waals surface area contributed by atoms with E-state index < -0.39 is 10.7 Å². The number of aromatic hydroxyl groups is 1. The molecule has 0 amide bonds. The van der Waals surface area contributed by atoms with Gasteiger partial charge in [-0.1, -0.05) is 0 Å². The van der Waals surface area contributed by atoms with Crippen LogP contribution in [-0.2, 0) is 6.42 Å². The van der Waals surface area contributed by atoms with Crippen LogP contribution in [0.4, 0.5) is 5.69 Å². The third-order valence-corrected chi connectivity index (χ3v) is 2.09. The molecule has 0 aromatic heterocycles. The highest BCUT2D eigenvalue weighted by molar-refractivity contribution is 5.57. The first-order valence-corrected chi connectivity index (χ1v) is 4.75. The van der Waals surface area contributed by atoms with Crippen LogP contribution in [0, 0.1) is 10.1 Å². The van der Waals surface area contributed by atoms with Crippen LogP contribution in [0.3, 0.4) is 0 Å². The lowest BCUT2D eigenvalue weighted by Gasteiger charge is -2.09. The number of hydrogen-bond acceptors (Lipinski definition) is 5. The lowest BCUT2D eigenvalue weighted by Crippen LogP contribution is -2.17. The van der Waals surface area contributed by atoms with Gasteiger partial charge in [-0.25, -0.2) is 0 Å². The normalized spacial score (nSPS) is 12.2. The lowest BCUT2D eigenvalue weighted by molar-refractivity contribution is -0.386. The van der Waals surface area contributed by atoms with Gasteiger partial charge in [0.15, 0.2) is 5.75 Å². The van der Waals surface area contributed by atoms with Crippen molar-refractivity contribution in [2.24, 2.45) is 5.73 Å². The number of nitro benzene ring substituents is 1. The second-order valence-electron chi connectivity index (χ2n) is 3.60. The zero-order valence-electron chi connectivity index (χ0n) is 9.14. The van der Waals surface area contributed by atoms with Gasteiger partial charge in [-0.3, -0.25) is 10.1 Å². The van der Waals surface area contributed by atoms with Gasteiger partial charge in [-0.2, -0.15) is 0 Å². The van der Waals surface area contributed by atoms with Crippen LogP contribution in [0.1, 0.15) is 12.5 Å². The Morgan fingerprint density at radius 2 is 2.25 bits per heavy atom. The van der Waals surface area contributed by atoms with Crippen molar-refractivity contribution in [2.75, 3.05) is 7.11 Å². The van der Waals surface area contributed by atoms with Crippen LogP contribution in [0.2, 0.25) is 0 Å². The molecule has 1 rings (SSSR count). The van der Waals surface area contributed by atoms with Crippen LogP contribution in [0.5, 0.6) is 11.5 Å². The first-order chi connectivity index (χ1) is 7.45. The van der Waals surface area contributed by atoms with E-state index >= 15 is 0 Å². The molecule has 0 aliphatic heterocycles. The summed E-state index contributed by atoms with van der Waals surface area (Å²) < 4.78 is 4.86. The molecule has 1 atom stereocenters. The van der Waals surface area contributed by atoms with Crippen LogP contribution in [-0.4, -0.2) is 23.2 Å². The van der Waals surface area contributed by atoms with Gasteiger partial charge in [0.05, 0.1) is 12.0 Å². The summed E-state index contributed by atoms with van der Waals surface area (Å²) >= 11 is 0. The second-order valence-corrected chi connectivity index (χ2v) is 3.60. The van der Waals surface area contributed by atoms with Crippen molar-refractivity contribution in [3.63, 3.8) is 0 Å². The number of phenols is 1. The Labute approximate surface area is 92.8 Å². The molecule has 6 nitrogen and oxygen atoms in total. The van der Waals surface area contributed by atoms with Gasteiger partial charge in [-0.15, -0.1) is 0 Å². The predicted molar refractivity (Wildman–Crippen MR) is 58.7 cm³/mol. The molecule has 0 unspecified atom stereocenters. The average molecular weight is 226 g/mol. The topological polar surface area (TPSA) is 98.6 Å². The fraction of sp³-hybridized carbons (Fsp3) is 0.400. The Morgan fingerprint density at radius 1 is 1.62 bits per heavy atom. The van der Waals surface area contributed by atoms with Crippen LogP contribution in [0.25, 0.3) is 0 Å². The Morgan fingerprint density at radius 3 is 2.69 bits per heavy atom. The molecule has 0 aliphatic carbocycles. The molecule has 0 radical (unpaired) electrons. The molecular weight excluding hydrogens is 212 g/mol. The van der Waals surface area contributed by atoms with Crippen LogP contribution < -0.4 is 10.5 Å². The highest BCUT2D eigenvalue weighted by Gasteiger charge is 2.19. The standard InChI is InChI=1S/C10H14N2O4/c1-6(11)3-7-4-8(12(14)15)10(13)9(5-7)16-2/h4-6,13H,3,11H2,1-2H3/t6-/m0/s1. The molecule has 16 heavy (non-hydrogen) atoms. The first-order valence-electron chi connectivity index (χ1n) is 4.75. The van der Waals surface area contributed by atoms with Crippen LogP contribution >= 0.6 is 0 Å². The van der Waals surface area contributed by atoms with E-state index in [9.17, 15) is 15.2 Å². The van der Waals surface area contributed by atoms with E-state index in [-0.39, 0.29) is 17.5 Å². The molecule has 0 saturated heterocycles. The highest BCUT2D eigenvalue weighted by atomic mass is 16.6. The fourth-order valence-electron chi connectivity index (χ4n) is 1.43. The van der Waals surface area contributed by atoms with E-state index in [1.54, 1.807) is 13.0 Å². The number of ether oxygens (including phenoxy) is 1. The summed E-state index contributed by atoms with van der Waals surface area (Å²) in [6.07, 6.45) is 0.484. The second kappa shape index (κ2) is 4.80. The van der Waals surface area contributed by atoms with Gasteiger partial charge in [-0.05, 0) is 25.0 Å². The minimum atomic E-state index is -0.650. The Hall–Kier alpha value is -1.82. The lowest BCUT2D eigenvalue weighted by atomic mass is 10.1. The van der Waals surface area contributed by atoms with E-state index in [0.717, 1.165) is 0 Å². The number of methoxy groups -OCH3 is 1. The van der Waals surface area contributed by atoms with Gasteiger partial charge < -0.3 is 15.6 Å². The van der Waals surface area contributed by atoms with Crippen molar-refractivity contribution in [1.82, 2.24) is 0 Å². The Kier molecular flexibility index (Phi) is 3.68. The summed E-state index contributed by atoms with van der Waals surface area (Å²) in [5.41, 5.74) is 5.90. The molecule has 0 aliphatic rings. The van der Waals surface area contributed by atoms with E-state index in [0.29, 0.717) is 12.0 Å². The Bertz CT molecular complexity index is 404. The zero-order chi connectivity index (χ0) is 12.3. The summed E-state index contributed by atoms with van der Waals surface area (Å²) in [6.45, 7) is 1.80. The number of phenolic OH excluding ortho intramolecular Hbond substituents is 1. The number of rotatable bonds is 4. The summed E-state index contributed by atoms with van der Waals surface area (Å²) in [4.78, 5) is 10.0. The molecular formula is C10H14N2O4. The minimum absolute atomic E-state index is 0.0878. The van der Waals surface area contributed by atoms with E-state index in [4.69, 9.17) is 10.5 Å². The maximum atomic E-state index is 10.7. The molecule has 88 valence electrons. The average Bonchev–Trinajstić information content (AvgIpc) is 2.19. The minimum Gasteiger partial charge on any atom is -0.500 e. The largest absolute Gasteiger partial charge is 0.500 e. The maximum absolute atomic E-state index is 10.7. The Balaban J connectivity index is 3.23. The third kappa shape index (κ3) is 2.60. The molecule has 6 heteroatoms. The van der Waals surface area contributed by atoms with Crippen molar-refractivity contribution >= 4 is 5.69 Å². The smallest absolute Gasteiger partial charge is 0.314 e. The van der Waals surface area contributed by atoms with Crippen molar-refractivity contribution < 1.29 is 14.8 Å². The molecule has 0 saturated carbocycles. The van der Waals surface area contributed by atoms with E-state index in [2.05, 4.69) is 0 Å². The van der Waals surface area contributed by atoms with Crippen molar-refractivity contribution in [3.05, 3.63) is 27.8 Å². The predicted octanol–water partition coefficient (Wildman–Crippen LogP) is 1.20. The first kappa shape index (κ1) is 12.3. The van der Waals surface area contributed by atoms with E-state index in [1.165, 1.54) is 13.2 Å². The number of nitrogens with zero attached hydrogens (tertiary/aromatic N) is 1. The molecule has 1 aromatic carbocycles. The van der Waals surface area contributed by atoms with Gasteiger partial charge in [0.2, 0.25) is 5.75 Å². The van der Waals surface area contributed by atoms with Crippen LogP contribution in [0.15, 0.2) is 12.1 Å². The number of hydrogen-bond donors (Lipinski definition) is 2. The molecule has 0 heterocycles. The quantitative estimate of drug-likeness (QED) is 0.593. The number of benzene rings is 1. The maximum Gasteiger partial charge on any atom is 0.314 e. The van der Waals surface area contributed by atoms with Gasteiger partial charge in [0.1, 0.15) is 0 Å². The van der Waals surface area contributed by atoms with Gasteiger partial charge in [0.25, 0.3) is 0 Å². The van der Waals surface area contributed by atoms with Crippen molar-refractivity contribution in [1.29, 1.82) is 0 Å².